The van der Waals surface area contributed by atoms with Gasteiger partial charge in [0.1, 0.15) is 18.1 Å². The Morgan fingerprint density at radius 3 is 3.00 bits per heavy atom. The van der Waals surface area contributed by atoms with Crippen LogP contribution in [0.2, 0.25) is 0 Å². The van der Waals surface area contributed by atoms with Crippen molar-refractivity contribution in [1.29, 1.82) is 0 Å². The first kappa shape index (κ1) is 10.9. The van der Waals surface area contributed by atoms with Crippen LogP contribution in [0, 0.1) is 0 Å². The summed E-state index contributed by atoms with van der Waals surface area (Å²) in [4.78, 5) is 11.3. The maximum Gasteiger partial charge on any atom is 0.132 e. The van der Waals surface area contributed by atoms with Crippen LogP contribution in [0.5, 0.6) is 5.75 Å². The van der Waals surface area contributed by atoms with Crippen LogP contribution in [0.1, 0.15) is 31.7 Å². The fourth-order valence-corrected chi connectivity index (χ4v) is 1.89. The van der Waals surface area contributed by atoms with Crippen LogP contribution in [0.3, 0.4) is 0 Å². The number of allylic oxidation sites excluding steroid dienone is 1. The average molecular weight is 216 g/mol. The van der Waals surface area contributed by atoms with Crippen molar-refractivity contribution in [3.8, 4) is 5.75 Å². The zero-order valence-corrected chi connectivity index (χ0v) is 9.53. The average Bonchev–Trinajstić information content (AvgIpc) is 2.35. The molecular weight excluding hydrogens is 200 g/mol. The normalized spacial score (nSPS) is 13.7. The number of hydrogen-bond acceptors (Lipinski definition) is 2. The first-order valence-corrected chi connectivity index (χ1v) is 5.74. The maximum atomic E-state index is 11.3. The Kier molecular flexibility index (Phi) is 3.40. The predicted molar refractivity (Wildman–Crippen MR) is 64.4 cm³/mol. The third-order valence-corrected chi connectivity index (χ3v) is 2.87. The lowest BCUT2D eigenvalue weighted by molar-refractivity contribution is -0.118. The first-order valence-electron chi connectivity index (χ1n) is 5.74. The number of ether oxygens (including phenoxy) is 1. The van der Waals surface area contributed by atoms with Crippen molar-refractivity contribution in [3.05, 3.63) is 35.9 Å². The van der Waals surface area contributed by atoms with Gasteiger partial charge >= 0.3 is 0 Å². The van der Waals surface area contributed by atoms with Gasteiger partial charge in [-0.15, -0.1) is 0 Å². The molecule has 2 nitrogen and oxygen atoms in total. The Labute approximate surface area is 95.9 Å². The van der Waals surface area contributed by atoms with Crippen LogP contribution in [-0.4, -0.2) is 12.4 Å². The monoisotopic (exact) mass is 216 g/mol. The molecule has 1 aromatic carbocycles. The van der Waals surface area contributed by atoms with E-state index in [1.165, 1.54) is 5.57 Å². The summed E-state index contributed by atoms with van der Waals surface area (Å²) in [5.41, 5.74) is 2.38. The second-order valence-electron chi connectivity index (χ2n) is 3.93. The van der Waals surface area contributed by atoms with E-state index >= 15 is 0 Å². The number of benzene rings is 1. The third kappa shape index (κ3) is 2.32. The highest BCUT2D eigenvalue weighted by Crippen LogP contribution is 2.32. The van der Waals surface area contributed by atoms with Gasteiger partial charge < -0.3 is 4.74 Å². The molecule has 84 valence electrons. The van der Waals surface area contributed by atoms with Gasteiger partial charge in [0.25, 0.3) is 0 Å². The summed E-state index contributed by atoms with van der Waals surface area (Å²) in [6.45, 7) is 2.53. The Hall–Kier alpha value is -1.57. The van der Waals surface area contributed by atoms with Gasteiger partial charge in [0.2, 0.25) is 0 Å². The molecule has 1 aliphatic rings. The Morgan fingerprint density at radius 1 is 1.38 bits per heavy atom. The van der Waals surface area contributed by atoms with E-state index in [0.29, 0.717) is 25.2 Å². The zero-order valence-electron chi connectivity index (χ0n) is 9.53. The van der Waals surface area contributed by atoms with Gasteiger partial charge in [0, 0.05) is 18.4 Å². The predicted octanol–water partition coefficient (Wildman–Crippen LogP) is 3.22. The largest absolute Gasteiger partial charge is 0.489 e. The number of Topliss-reactive ketones (excluding diaryl/α,β-unsaturated/α-hetero) is 1. The number of ketones is 1. The Balaban J connectivity index is 2.11. The van der Waals surface area contributed by atoms with Crippen LogP contribution in [-0.2, 0) is 4.79 Å². The summed E-state index contributed by atoms with van der Waals surface area (Å²) in [5, 5.41) is 0. The summed E-state index contributed by atoms with van der Waals surface area (Å²) < 4.78 is 5.53. The van der Waals surface area contributed by atoms with E-state index in [9.17, 15) is 4.79 Å². The molecule has 2 rings (SSSR count). The summed E-state index contributed by atoms with van der Waals surface area (Å²) in [6.07, 6.45) is 4.17. The number of para-hydroxylation sites is 1. The van der Waals surface area contributed by atoms with Gasteiger partial charge in [-0.1, -0.05) is 25.1 Å². The molecule has 0 radical (unpaired) electrons. The molecule has 0 unspecified atom stereocenters. The molecule has 0 aromatic heterocycles. The molecule has 0 atom stereocenters. The van der Waals surface area contributed by atoms with Crippen LogP contribution in [0.4, 0.5) is 0 Å². The summed E-state index contributed by atoms with van der Waals surface area (Å²) in [6, 6.07) is 8.00. The molecule has 1 aromatic rings. The summed E-state index contributed by atoms with van der Waals surface area (Å²) >= 11 is 0. The van der Waals surface area contributed by atoms with Gasteiger partial charge in [-0.3, -0.25) is 4.79 Å². The van der Waals surface area contributed by atoms with Crippen LogP contribution < -0.4 is 4.74 Å². The fourth-order valence-electron chi connectivity index (χ4n) is 1.89. The molecule has 0 N–H and O–H groups in total. The lowest BCUT2D eigenvalue weighted by atomic mass is 9.97. The number of hydrogen-bond donors (Lipinski definition) is 0. The SMILES string of the molecule is CCC(=O)CCC1=CCOc2ccccc21. The van der Waals surface area contributed by atoms with E-state index in [2.05, 4.69) is 12.1 Å². The highest BCUT2D eigenvalue weighted by Gasteiger charge is 2.13. The highest BCUT2D eigenvalue weighted by molar-refractivity contribution is 5.81. The van der Waals surface area contributed by atoms with Crippen molar-refractivity contribution in [2.45, 2.75) is 26.2 Å². The van der Waals surface area contributed by atoms with Crippen LogP contribution in [0.15, 0.2) is 30.3 Å². The minimum Gasteiger partial charge on any atom is -0.489 e. The molecule has 16 heavy (non-hydrogen) atoms. The fraction of sp³-hybridized carbons (Fsp3) is 0.357. The molecule has 1 aliphatic heterocycles. The Morgan fingerprint density at radius 2 is 2.19 bits per heavy atom. The number of fused-ring (bicyclic) bond motifs is 1. The number of carbonyl (C=O) groups excluding carboxylic acids is 1. The molecule has 0 spiro atoms. The van der Waals surface area contributed by atoms with Crippen molar-refractivity contribution < 1.29 is 9.53 Å². The Bertz CT molecular complexity index is 418. The van der Waals surface area contributed by atoms with Crippen molar-refractivity contribution in [2.24, 2.45) is 0 Å². The van der Waals surface area contributed by atoms with Crippen LogP contribution in [0.25, 0.3) is 5.57 Å². The molecule has 0 amide bonds. The molecule has 0 aliphatic carbocycles. The maximum absolute atomic E-state index is 11.3. The van der Waals surface area contributed by atoms with Gasteiger partial charge in [-0.05, 0) is 24.1 Å². The van der Waals surface area contributed by atoms with Crippen molar-refractivity contribution in [3.63, 3.8) is 0 Å². The molecule has 0 saturated heterocycles. The number of rotatable bonds is 4. The second-order valence-corrected chi connectivity index (χ2v) is 3.93. The van der Waals surface area contributed by atoms with Crippen LogP contribution >= 0.6 is 0 Å². The minimum atomic E-state index is 0.324. The molecule has 0 bridgehead atoms. The van der Waals surface area contributed by atoms with E-state index < -0.39 is 0 Å². The molecular formula is C14H16O2. The van der Waals surface area contributed by atoms with Gasteiger partial charge in [-0.25, -0.2) is 0 Å². The van der Waals surface area contributed by atoms with Crippen molar-refractivity contribution in [1.82, 2.24) is 0 Å². The summed E-state index contributed by atoms with van der Waals surface area (Å²) in [5.74, 6) is 1.26. The zero-order chi connectivity index (χ0) is 11.4. The molecule has 0 saturated carbocycles. The summed E-state index contributed by atoms with van der Waals surface area (Å²) in [7, 11) is 0. The van der Waals surface area contributed by atoms with Crippen molar-refractivity contribution in [2.75, 3.05) is 6.61 Å². The van der Waals surface area contributed by atoms with Gasteiger partial charge in [0.15, 0.2) is 0 Å². The van der Waals surface area contributed by atoms with E-state index in [-0.39, 0.29) is 0 Å². The van der Waals surface area contributed by atoms with Crippen molar-refractivity contribution >= 4 is 11.4 Å². The van der Waals surface area contributed by atoms with E-state index in [1.807, 2.05) is 25.1 Å². The number of carbonyl (C=O) groups is 1. The second kappa shape index (κ2) is 4.97. The lowest BCUT2D eigenvalue weighted by Gasteiger charge is -2.18. The molecule has 0 fully saturated rings. The highest BCUT2D eigenvalue weighted by atomic mass is 16.5. The molecule has 2 heteroatoms. The smallest absolute Gasteiger partial charge is 0.132 e. The van der Waals surface area contributed by atoms with E-state index in [4.69, 9.17) is 4.74 Å². The topological polar surface area (TPSA) is 26.3 Å². The van der Waals surface area contributed by atoms with E-state index in [0.717, 1.165) is 17.7 Å². The third-order valence-electron chi connectivity index (χ3n) is 2.87. The standard InChI is InChI=1S/C14H16O2/c1-2-12(15)8-7-11-9-10-16-14-6-4-3-5-13(11)14/h3-6,9H,2,7-8,10H2,1H3. The minimum absolute atomic E-state index is 0.324. The van der Waals surface area contributed by atoms with Gasteiger partial charge in [0.05, 0.1) is 0 Å². The molecule has 1 heterocycles. The quantitative estimate of drug-likeness (QED) is 0.772. The van der Waals surface area contributed by atoms with Gasteiger partial charge in [-0.2, -0.15) is 0 Å². The first-order chi connectivity index (χ1) is 7.81. The lowest BCUT2D eigenvalue weighted by Crippen LogP contribution is -2.05. The van der Waals surface area contributed by atoms with E-state index in [1.54, 1.807) is 0 Å².